The molecular weight excluding hydrogens is 172 g/mol. The van der Waals surface area contributed by atoms with Crippen molar-refractivity contribution in [1.29, 1.82) is 0 Å². The van der Waals surface area contributed by atoms with E-state index in [1.807, 2.05) is 0 Å². The molecule has 78 valence electrons. The predicted molar refractivity (Wildman–Crippen MR) is 60.3 cm³/mol. The van der Waals surface area contributed by atoms with Crippen LogP contribution in [0.4, 0.5) is 0 Å². The maximum atomic E-state index is 3.65. The number of allylic oxidation sites excluding steroid dienone is 2. The van der Waals surface area contributed by atoms with Gasteiger partial charge in [0.2, 0.25) is 0 Å². The Morgan fingerprint density at radius 2 is 2.21 bits per heavy atom. The normalized spacial score (nSPS) is 35.6. The molecule has 0 spiro atoms. The topological polar surface area (TPSA) is 24.1 Å². The summed E-state index contributed by atoms with van der Waals surface area (Å²) in [6.07, 6.45) is 11.4. The molecule has 0 aromatic heterocycles. The lowest BCUT2D eigenvalue weighted by molar-refractivity contribution is 0.281. The van der Waals surface area contributed by atoms with Gasteiger partial charge >= 0.3 is 0 Å². The number of nitrogens with one attached hydrogen (secondary N) is 2. The van der Waals surface area contributed by atoms with Crippen molar-refractivity contribution in [2.75, 3.05) is 13.1 Å². The van der Waals surface area contributed by atoms with Crippen molar-refractivity contribution in [3.8, 4) is 0 Å². The molecule has 0 amide bonds. The van der Waals surface area contributed by atoms with Crippen molar-refractivity contribution in [2.24, 2.45) is 5.92 Å². The Morgan fingerprint density at radius 3 is 3.07 bits per heavy atom. The van der Waals surface area contributed by atoms with Gasteiger partial charge in [-0.25, -0.2) is 0 Å². The summed E-state index contributed by atoms with van der Waals surface area (Å²) < 4.78 is 0. The quantitative estimate of drug-likeness (QED) is 0.707. The van der Waals surface area contributed by atoms with E-state index in [2.05, 4.69) is 41.9 Å². The van der Waals surface area contributed by atoms with Crippen LogP contribution in [0.2, 0.25) is 0 Å². The third kappa shape index (κ3) is 2.07. The van der Waals surface area contributed by atoms with Crippen molar-refractivity contribution in [1.82, 2.24) is 10.6 Å². The molecule has 1 aliphatic heterocycles. The number of rotatable bonds is 3. The van der Waals surface area contributed by atoms with E-state index in [0.717, 1.165) is 13.1 Å². The second-order valence-corrected chi connectivity index (χ2v) is 4.18. The van der Waals surface area contributed by atoms with Gasteiger partial charge in [-0.15, -0.1) is 0 Å². The van der Waals surface area contributed by atoms with Crippen LogP contribution in [0.5, 0.6) is 0 Å². The molecule has 1 heterocycles. The van der Waals surface area contributed by atoms with E-state index in [1.165, 1.54) is 12.8 Å². The first kappa shape index (κ1) is 9.94. The van der Waals surface area contributed by atoms with Crippen LogP contribution in [0, 0.1) is 5.92 Å². The zero-order valence-corrected chi connectivity index (χ0v) is 8.87. The first-order chi connectivity index (χ1) is 6.92. The average molecular weight is 192 g/mol. The highest BCUT2D eigenvalue weighted by atomic mass is 15.0. The van der Waals surface area contributed by atoms with E-state index in [1.54, 1.807) is 0 Å². The smallest absolute Gasteiger partial charge is 0.0331 e. The summed E-state index contributed by atoms with van der Waals surface area (Å²) in [5, 5.41) is 7.19. The monoisotopic (exact) mass is 192 g/mol. The summed E-state index contributed by atoms with van der Waals surface area (Å²) >= 11 is 0. The Bertz CT molecular complexity index is 232. The molecule has 3 unspecified atom stereocenters. The molecule has 0 saturated carbocycles. The molecule has 0 aromatic carbocycles. The highest BCUT2D eigenvalue weighted by Crippen LogP contribution is 2.22. The Hall–Kier alpha value is -0.600. The molecule has 2 N–H and O–H groups in total. The Morgan fingerprint density at radius 1 is 1.36 bits per heavy atom. The largest absolute Gasteiger partial charge is 0.313 e. The number of piperidine rings is 1. The minimum Gasteiger partial charge on any atom is -0.313 e. The molecule has 2 rings (SSSR count). The van der Waals surface area contributed by atoms with Crippen LogP contribution < -0.4 is 10.6 Å². The minimum absolute atomic E-state index is 0.558. The van der Waals surface area contributed by atoms with Crippen molar-refractivity contribution in [2.45, 2.75) is 31.8 Å². The molecule has 0 radical (unpaired) electrons. The first-order valence-corrected chi connectivity index (χ1v) is 5.73. The summed E-state index contributed by atoms with van der Waals surface area (Å²) in [6, 6.07) is 1.23. The van der Waals surface area contributed by atoms with E-state index in [4.69, 9.17) is 0 Å². The van der Waals surface area contributed by atoms with E-state index in [-0.39, 0.29) is 0 Å². The van der Waals surface area contributed by atoms with E-state index >= 15 is 0 Å². The Labute approximate surface area is 86.5 Å². The van der Waals surface area contributed by atoms with Crippen LogP contribution in [0.1, 0.15) is 19.8 Å². The van der Waals surface area contributed by atoms with E-state index < -0.39 is 0 Å². The van der Waals surface area contributed by atoms with Gasteiger partial charge in [0, 0.05) is 18.0 Å². The van der Waals surface area contributed by atoms with Crippen molar-refractivity contribution >= 4 is 0 Å². The van der Waals surface area contributed by atoms with Gasteiger partial charge in [-0.1, -0.05) is 31.2 Å². The zero-order chi connectivity index (χ0) is 9.80. The van der Waals surface area contributed by atoms with Gasteiger partial charge in [-0.05, 0) is 25.9 Å². The third-order valence-corrected chi connectivity index (χ3v) is 3.13. The summed E-state index contributed by atoms with van der Waals surface area (Å²) in [5.74, 6) is 0.653. The highest BCUT2D eigenvalue weighted by molar-refractivity contribution is 5.20. The Kier molecular flexibility index (Phi) is 3.38. The SMILES string of the molecule is CCCNC1CCNC2C=CC=CC21. The number of hydrogen-bond donors (Lipinski definition) is 2. The van der Waals surface area contributed by atoms with Gasteiger partial charge in [-0.2, -0.15) is 0 Å². The first-order valence-electron chi connectivity index (χ1n) is 5.73. The zero-order valence-electron chi connectivity index (χ0n) is 8.87. The molecule has 2 nitrogen and oxygen atoms in total. The van der Waals surface area contributed by atoms with Gasteiger partial charge in [0.25, 0.3) is 0 Å². The lowest BCUT2D eigenvalue weighted by Gasteiger charge is -2.37. The molecular formula is C12H20N2. The van der Waals surface area contributed by atoms with Crippen molar-refractivity contribution < 1.29 is 0 Å². The predicted octanol–water partition coefficient (Wildman–Crippen LogP) is 1.46. The molecule has 1 fully saturated rings. The second-order valence-electron chi connectivity index (χ2n) is 4.18. The molecule has 14 heavy (non-hydrogen) atoms. The maximum absolute atomic E-state index is 3.65. The summed E-state index contributed by atoms with van der Waals surface area (Å²) in [4.78, 5) is 0. The fourth-order valence-corrected chi connectivity index (χ4v) is 2.38. The average Bonchev–Trinajstić information content (AvgIpc) is 2.26. The lowest BCUT2D eigenvalue weighted by atomic mass is 9.83. The fraction of sp³-hybridized carbons (Fsp3) is 0.667. The van der Waals surface area contributed by atoms with Gasteiger partial charge in [-0.3, -0.25) is 0 Å². The number of fused-ring (bicyclic) bond motifs is 1. The van der Waals surface area contributed by atoms with Crippen molar-refractivity contribution in [3.63, 3.8) is 0 Å². The van der Waals surface area contributed by atoms with Crippen LogP contribution in [-0.4, -0.2) is 25.2 Å². The van der Waals surface area contributed by atoms with Crippen LogP contribution in [0.25, 0.3) is 0 Å². The molecule has 0 bridgehead atoms. The Balaban J connectivity index is 1.96. The van der Waals surface area contributed by atoms with Gasteiger partial charge in [0.05, 0.1) is 0 Å². The molecule has 1 aliphatic carbocycles. The van der Waals surface area contributed by atoms with E-state index in [0.29, 0.717) is 18.0 Å². The molecule has 2 heteroatoms. The molecule has 3 atom stereocenters. The van der Waals surface area contributed by atoms with Gasteiger partial charge < -0.3 is 10.6 Å². The van der Waals surface area contributed by atoms with E-state index in [9.17, 15) is 0 Å². The molecule has 0 aromatic rings. The summed E-state index contributed by atoms with van der Waals surface area (Å²) in [7, 11) is 0. The standard InChI is InChI=1S/C12H20N2/c1-2-8-13-12-7-9-14-11-6-4-3-5-10(11)12/h3-6,10-14H,2,7-9H2,1H3. The van der Waals surface area contributed by atoms with Crippen LogP contribution in [0.15, 0.2) is 24.3 Å². The summed E-state index contributed by atoms with van der Waals surface area (Å²) in [5.41, 5.74) is 0. The fourth-order valence-electron chi connectivity index (χ4n) is 2.38. The second kappa shape index (κ2) is 4.76. The summed E-state index contributed by atoms with van der Waals surface area (Å²) in [6.45, 7) is 4.51. The van der Waals surface area contributed by atoms with Crippen LogP contribution >= 0.6 is 0 Å². The van der Waals surface area contributed by atoms with Crippen LogP contribution in [-0.2, 0) is 0 Å². The van der Waals surface area contributed by atoms with Crippen molar-refractivity contribution in [3.05, 3.63) is 24.3 Å². The van der Waals surface area contributed by atoms with Gasteiger partial charge in [0.1, 0.15) is 0 Å². The maximum Gasteiger partial charge on any atom is 0.0331 e. The third-order valence-electron chi connectivity index (χ3n) is 3.13. The molecule has 1 saturated heterocycles. The number of hydrogen-bond acceptors (Lipinski definition) is 2. The van der Waals surface area contributed by atoms with Crippen LogP contribution in [0.3, 0.4) is 0 Å². The highest BCUT2D eigenvalue weighted by Gasteiger charge is 2.29. The van der Waals surface area contributed by atoms with Gasteiger partial charge in [0.15, 0.2) is 0 Å². The molecule has 2 aliphatic rings. The lowest BCUT2D eigenvalue weighted by Crippen LogP contribution is -2.52. The minimum atomic E-state index is 0.558.